The van der Waals surface area contributed by atoms with Crippen LogP contribution < -0.4 is 19.9 Å². The van der Waals surface area contributed by atoms with E-state index in [0.717, 1.165) is 24.4 Å². The number of hydrogen-bond acceptors (Lipinski definition) is 6. The Labute approximate surface area is 154 Å². The number of anilines is 3. The van der Waals surface area contributed by atoms with Crippen LogP contribution in [-0.2, 0) is 0 Å². The fourth-order valence-electron chi connectivity index (χ4n) is 2.87. The Morgan fingerprint density at radius 1 is 1.27 bits per heavy atom. The van der Waals surface area contributed by atoms with Gasteiger partial charge >= 0.3 is 0 Å². The molecule has 1 aromatic carbocycles. The molecular formula is C19H25N5O2. The summed E-state index contributed by atoms with van der Waals surface area (Å²) >= 11 is 0. The van der Waals surface area contributed by atoms with Gasteiger partial charge in [0, 0.05) is 44.6 Å². The second-order valence-electron chi connectivity index (χ2n) is 6.19. The number of carbonyl (C=O) groups is 1. The van der Waals surface area contributed by atoms with Crippen molar-refractivity contribution in [1.82, 2.24) is 9.97 Å². The first kappa shape index (κ1) is 18.0. The topological polar surface area (TPSA) is 70.6 Å². The van der Waals surface area contributed by atoms with Crippen LogP contribution in [0.4, 0.5) is 17.5 Å². The molecule has 1 aliphatic heterocycles. The molecule has 0 saturated carbocycles. The zero-order valence-corrected chi connectivity index (χ0v) is 15.5. The van der Waals surface area contributed by atoms with E-state index in [9.17, 15) is 4.79 Å². The van der Waals surface area contributed by atoms with Crippen molar-refractivity contribution in [3.63, 3.8) is 0 Å². The number of ether oxygens (including phenoxy) is 1. The molecular weight excluding hydrogens is 330 g/mol. The number of benzene rings is 1. The van der Waals surface area contributed by atoms with E-state index >= 15 is 0 Å². The molecule has 2 aromatic rings. The quantitative estimate of drug-likeness (QED) is 0.859. The molecule has 0 spiro atoms. The number of likely N-dealkylation sites (N-methyl/N-ethyl adjacent to an activating group) is 1. The summed E-state index contributed by atoms with van der Waals surface area (Å²) < 4.78 is 5.71. The van der Waals surface area contributed by atoms with Crippen LogP contribution in [0.15, 0.2) is 30.5 Å². The molecule has 1 amide bonds. The summed E-state index contributed by atoms with van der Waals surface area (Å²) in [6.45, 7) is 6.69. The fourth-order valence-corrected chi connectivity index (χ4v) is 2.87. The maximum atomic E-state index is 13.1. The van der Waals surface area contributed by atoms with E-state index in [2.05, 4.69) is 22.2 Å². The summed E-state index contributed by atoms with van der Waals surface area (Å²) in [5.41, 5.74) is 1.33. The van der Waals surface area contributed by atoms with Crippen molar-refractivity contribution < 1.29 is 9.53 Å². The normalized spacial score (nSPS) is 14.0. The molecule has 0 bridgehead atoms. The largest absolute Gasteiger partial charge is 0.494 e. The minimum absolute atomic E-state index is 0.0972. The Kier molecular flexibility index (Phi) is 5.55. The monoisotopic (exact) mass is 355 g/mol. The molecule has 1 N–H and O–H groups in total. The zero-order valence-electron chi connectivity index (χ0n) is 15.5. The van der Waals surface area contributed by atoms with E-state index in [1.54, 1.807) is 11.1 Å². The summed E-state index contributed by atoms with van der Waals surface area (Å²) in [5.74, 6) is 1.87. The SMILES string of the molecule is CCCOc1cccc(N2CCN(C)c3nc(NCC)ncc3C2=O)c1. The number of rotatable bonds is 6. The van der Waals surface area contributed by atoms with Crippen molar-refractivity contribution in [3.8, 4) is 5.75 Å². The van der Waals surface area contributed by atoms with Crippen LogP contribution in [0, 0.1) is 0 Å². The minimum Gasteiger partial charge on any atom is -0.494 e. The maximum absolute atomic E-state index is 13.1. The highest BCUT2D eigenvalue weighted by molar-refractivity contribution is 6.09. The van der Waals surface area contributed by atoms with Gasteiger partial charge in [-0.25, -0.2) is 4.98 Å². The fraction of sp³-hybridized carbons (Fsp3) is 0.421. The standard InChI is InChI=1S/C19H25N5O2/c1-4-11-26-15-8-6-7-14(12-15)24-10-9-23(3)17-16(18(24)25)13-21-19(22-17)20-5-2/h6-8,12-13H,4-5,9-11H2,1-3H3,(H,20,21,22). The third-order valence-electron chi connectivity index (χ3n) is 4.20. The Bertz CT molecular complexity index is 780. The highest BCUT2D eigenvalue weighted by Gasteiger charge is 2.28. The van der Waals surface area contributed by atoms with Gasteiger partial charge in [-0.05, 0) is 25.5 Å². The lowest BCUT2D eigenvalue weighted by Gasteiger charge is -2.21. The van der Waals surface area contributed by atoms with E-state index in [1.165, 1.54) is 0 Å². The highest BCUT2D eigenvalue weighted by Crippen LogP contribution is 2.28. The smallest absolute Gasteiger partial charge is 0.263 e. The third kappa shape index (κ3) is 3.71. The lowest BCUT2D eigenvalue weighted by atomic mass is 10.2. The van der Waals surface area contributed by atoms with Gasteiger partial charge < -0.3 is 19.9 Å². The van der Waals surface area contributed by atoms with Gasteiger partial charge in [0.2, 0.25) is 5.95 Å². The predicted molar refractivity (Wildman–Crippen MR) is 103 cm³/mol. The number of nitrogens with one attached hydrogen (secondary N) is 1. The Balaban J connectivity index is 1.92. The molecule has 26 heavy (non-hydrogen) atoms. The lowest BCUT2D eigenvalue weighted by Crippen LogP contribution is -2.33. The van der Waals surface area contributed by atoms with Crippen LogP contribution in [0.25, 0.3) is 0 Å². The van der Waals surface area contributed by atoms with Gasteiger partial charge in [0.25, 0.3) is 5.91 Å². The second kappa shape index (κ2) is 8.03. The molecule has 7 heteroatoms. The Morgan fingerprint density at radius 3 is 2.88 bits per heavy atom. The molecule has 0 atom stereocenters. The number of hydrogen-bond donors (Lipinski definition) is 1. The van der Waals surface area contributed by atoms with Gasteiger partial charge in [-0.2, -0.15) is 4.98 Å². The summed E-state index contributed by atoms with van der Waals surface area (Å²) in [5, 5.41) is 3.09. The average Bonchev–Trinajstić information content (AvgIpc) is 2.78. The van der Waals surface area contributed by atoms with E-state index in [-0.39, 0.29) is 5.91 Å². The van der Waals surface area contributed by atoms with Crippen LogP contribution in [0.3, 0.4) is 0 Å². The molecule has 2 heterocycles. The van der Waals surface area contributed by atoms with E-state index in [0.29, 0.717) is 37.0 Å². The molecule has 1 aliphatic rings. The van der Waals surface area contributed by atoms with Crippen molar-refractivity contribution >= 4 is 23.4 Å². The number of nitrogens with zero attached hydrogens (tertiary/aromatic N) is 4. The van der Waals surface area contributed by atoms with Gasteiger partial charge in [-0.15, -0.1) is 0 Å². The van der Waals surface area contributed by atoms with Crippen molar-refractivity contribution in [2.24, 2.45) is 0 Å². The first-order valence-electron chi connectivity index (χ1n) is 9.00. The zero-order chi connectivity index (χ0) is 18.5. The van der Waals surface area contributed by atoms with Gasteiger partial charge in [0.15, 0.2) is 0 Å². The van der Waals surface area contributed by atoms with E-state index in [4.69, 9.17) is 4.74 Å². The molecule has 7 nitrogen and oxygen atoms in total. The number of carbonyl (C=O) groups excluding carboxylic acids is 1. The van der Waals surface area contributed by atoms with Gasteiger partial charge in [-0.3, -0.25) is 4.79 Å². The first-order valence-corrected chi connectivity index (χ1v) is 9.00. The van der Waals surface area contributed by atoms with Crippen molar-refractivity contribution in [3.05, 3.63) is 36.0 Å². The second-order valence-corrected chi connectivity index (χ2v) is 6.19. The van der Waals surface area contributed by atoms with Crippen molar-refractivity contribution in [2.45, 2.75) is 20.3 Å². The summed E-state index contributed by atoms with van der Waals surface area (Å²) in [7, 11) is 1.94. The average molecular weight is 355 g/mol. The molecule has 0 radical (unpaired) electrons. The first-order chi connectivity index (χ1) is 12.6. The maximum Gasteiger partial charge on any atom is 0.263 e. The van der Waals surface area contributed by atoms with Crippen molar-refractivity contribution in [2.75, 3.05) is 48.4 Å². The molecule has 1 aromatic heterocycles. The molecule has 0 fully saturated rings. The molecule has 3 rings (SSSR count). The van der Waals surface area contributed by atoms with Crippen LogP contribution in [0.5, 0.6) is 5.75 Å². The van der Waals surface area contributed by atoms with Gasteiger partial charge in [0.05, 0.1) is 6.61 Å². The molecule has 0 saturated heterocycles. The highest BCUT2D eigenvalue weighted by atomic mass is 16.5. The molecule has 0 aliphatic carbocycles. The summed E-state index contributed by atoms with van der Waals surface area (Å²) in [4.78, 5) is 25.7. The van der Waals surface area contributed by atoms with Crippen LogP contribution >= 0.6 is 0 Å². The Morgan fingerprint density at radius 2 is 2.12 bits per heavy atom. The molecule has 0 unspecified atom stereocenters. The minimum atomic E-state index is -0.0972. The summed E-state index contributed by atoms with van der Waals surface area (Å²) in [6.07, 6.45) is 2.55. The third-order valence-corrected chi connectivity index (χ3v) is 4.20. The predicted octanol–water partition coefficient (Wildman–Crippen LogP) is 2.79. The Hall–Kier alpha value is -2.83. The molecule has 138 valence electrons. The van der Waals surface area contributed by atoms with E-state index < -0.39 is 0 Å². The van der Waals surface area contributed by atoms with Gasteiger partial charge in [-0.1, -0.05) is 13.0 Å². The number of aromatic nitrogens is 2. The van der Waals surface area contributed by atoms with Crippen LogP contribution in [0.2, 0.25) is 0 Å². The van der Waals surface area contributed by atoms with Crippen molar-refractivity contribution in [1.29, 1.82) is 0 Å². The van der Waals surface area contributed by atoms with Gasteiger partial charge in [0.1, 0.15) is 17.1 Å². The lowest BCUT2D eigenvalue weighted by molar-refractivity contribution is 0.0989. The number of amides is 1. The van der Waals surface area contributed by atoms with Crippen LogP contribution in [0.1, 0.15) is 30.6 Å². The summed E-state index contributed by atoms with van der Waals surface area (Å²) in [6, 6.07) is 7.66. The number of fused-ring (bicyclic) bond motifs is 1. The van der Waals surface area contributed by atoms with E-state index in [1.807, 2.05) is 43.1 Å². The van der Waals surface area contributed by atoms with Crippen LogP contribution in [-0.4, -0.2) is 49.2 Å².